The second-order valence-corrected chi connectivity index (χ2v) is 6.63. The van der Waals surface area contributed by atoms with E-state index in [0.717, 1.165) is 6.42 Å². The molecule has 0 saturated carbocycles. The maximum absolute atomic E-state index is 12.0. The molecule has 0 spiro atoms. The van der Waals surface area contributed by atoms with E-state index in [1.807, 2.05) is 37.3 Å². The van der Waals surface area contributed by atoms with Crippen molar-refractivity contribution in [2.75, 3.05) is 0 Å². The lowest BCUT2D eigenvalue weighted by molar-refractivity contribution is -0.137. The molecule has 25 heavy (non-hydrogen) atoms. The Hall–Kier alpha value is -1.94. The van der Waals surface area contributed by atoms with Gasteiger partial charge in [-0.25, -0.2) is 0 Å². The molecule has 1 unspecified atom stereocenters. The van der Waals surface area contributed by atoms with E-state index in [1.165, 1.54) is 0 Å². The van der Waals surface area contributed by atoms with E-state index in [4.69, 9.17) is 5.11 Å². The standard InChI is InChI=1S/C21H30O4/c1-3-15-21(25,4-2)16-9-10-17-13-14-19(22)18(17)11-7-5-6-8-12-20(23)24/h4-5,7,9-10,13-14,17-18,25H,2-3,6,8,11-12,15-16H2,1H3,(H,23,24)/t17-,18+,21?/m0/s1. The van der Waals surface area contributed by atoms with Crippen LogP contribution in [0.15, 0.2) is 49.1 Å². The van der Waals surface area contributed by atoms with Crippen molar-refractivity contribution >= 4 is 11.8 Å². The van der Waals surface area contributed by atoms with Gasteiger partial charge < -0.3 is 10.2 Å². The Morgan fingerprint density at radius 2 is 2.12 bits per heavy atom. The van der Waals surface area contributed by atoms with E-state index in [-0.39, 0.29) is 24.0 Å². The van der Waals surface area contributed by atoms with Gasteiger partial charge in [-0.15, -0.1) is 6.58 Å². The minimum Gasteiger partial charge on any atom is -0.481 e. The number of ketones is 1. The monoisotopic (exact) mass is 346 g/mol. The summed E-state index contributed by atoms with van der Waals surface area (Å²) in [5, 5.41) is 19.0. The Morgan fingerprint density at radius 1 is 1.36 bits per heavy atom. The molecule has 1 rings (SSSR count). The van der Waals surface area contributed by atoms with E-state index < -0.39 is 11.6 Å². The molecule has 0 fully saturated rings. The summed E-state index contributed by atoms with van der Waals surface area (Å²) in [5.74, 6) is -0.712. The van der Waals surface area contributed by atoms with Gasteiger partial charge in [0.25, 0.3) is 0 Å². The molecule has 4 nitrogen and oxygen atoms in total. The summed E-state index contributed by atoms with van der Waals surface area (Å²) in [5.41, 5.74) is -0.878. The van der Waals surface area contributed by atoms with Crippen molar-refractivity contribution in [3.05, 3.63) is 49.1 Å². The van der Waals surface area contributed by atoms with Crippen LogP contribution in [0.3, 0.4) is 0 Å². The van der Waals surface area contributed by atoms with Crippen molar-refractivity contribution in [1.29, 1.82) is 0 Å². The number of rotatable bonds is 12. The van der Waals surface area contributed by atoms with Crippen molar-refractivity contribution in [2.45, 2.75) is 57.5 Å². The van der Waals surface area contributed by atoms with Gasteiger partial charge in [-0.2, -0.15) is 0 Å². The lowest BCUT2D eigenvalue weighted by Gasteiger charge is -2.22. The summed E-state index contributed by atoms with van der Waals surface area (Å²) in [7, 11) is 0. The fraction of sp³-hybridized carbons (Fsp3) is 0.524. The Balaban J connectivity index is 2.50. The Bertz CT molecular complexity index is 544. The van der Waals surface area contributed by atoms with E-state index in [1.54, 1.807) is 12.2 Å². The van der Waals surface area contributed by atoms with Gasteiger partial charge in [-0.3, -0.25) is 9.59 Å². The Kier molecular flexibility index (Phi) is 9.14. The molecule has 2 N–H and O–H groups in total. The molecule has 0 aromatic rings. The lowest BCUT2D eigenvalue weighted by atomic mass is 9.89. The molecule has 138 valence electrons. The minimum atomic E-state index is -0.878. The van der Waals surface area contributed by atoms with Gasteiger partial charge in [0.2, 0.25) is 0 Å². The number of hydrogen-bond acceptors (Lipinski definition) is 3. The van der Waals surface area contributed by atoms with Gasteiger partial charge >= 0.3 is 5.97 Å². The second kappa shape index (κ2) is 10.8. The number of allylic oxidation sites excluding steroid dienone is 5. The maximum Gasteiger partial charge on any atom is 0.303 e. The third kappa shape index (κ3) is 7.65. The first-order valence-corrected chi connectivity index (χ1v) is 9.03. The van der Waals surface area contributed by atoms with Crippen LogP contribution in [0.2, 0.25) is 0 Å². The molecule has 0 radical (unpaired) electrons. The third-order valence-electron chi connectivity index (χ3n) is 4.52. The molecule has 0 bridgehead atoms. The predicted molar refractivity (Wildman–Crippen MR) is 100 cm³/mol. The molecule has 1 aliphatic rings. The lowest BCUT2D eigenvalue weighted by Crippen LogP contribution is -2.24. The summed E-state index contributed by atoms with van der Waals surface area (Å²) in [6.07, 6.45) is 17.2. The van der Waals surface area contributed by atoms with E-state index >= 15 is 0 Å². The average molecular weight is 346 g/mol. The zero-order chi connectivity index (χ0) is 18.7. The van der Waals surface area contributed by atoms with Crippen LogP contribution in [0.4, 0.5) is 0 Å². The quantitative estimate of drug-likeness (QED) is 0.410. The minimum absolute atomic E-state index is 0.0480. The van der Waals surface area contributed by atoms with Crippen molar-refractivity contribution < 1.29 is 19.8 Å². The predicted octanol–water partition coefficient (Wildman–Crippen LogP) is 4.22. The number of carbonyl (C=O) groups excluding carboxylic acids is 1. The largest absolute Gasteiger partial charge is 0.481 e. The highest BCUT2D eigenvalue weighted by Crippen LogP contribution is 2.28. The average Bonchev–Trinajstić information content (AvgIpc) is 2.91. The van der Waals surface area contributed by atoms with Crippen molar-refractivity contribution in [2.24, 2.45) is 11.8 Å². The molecule has 0 saturated heterocycles. The van der Waals surface area contributed by atoms with Crippen LogP contribution in [0.25, 0.3) is 0 Å². The molecule has 0 heterocycles. The SMILES string of the molecule is C=CC(O)(CC=C[C@H]1C=CC(=O)[C@@H]1CC=CCCCC(=O)O)CCC. The molecule has 0 aromatic carbocycles. The van der Waals surface area contributed by atoms with Gasteiger partial charge in [0, 0.05) is 18.3 Å². The van der Waals surface area contributed by atoms with E-state index in [9.17, 15) is 14.7 Å². The highest BCUT2D eigenvalue weighted by molar-refractivity contribution is 5.95. The van der Waals surface area contributed by atoms with Crippen LogP contribution < -0.4 is 0 Å². The van der Waals surface area contributed by atoms with Crippen LogP contribution in [0, 0.1) is 11.8 Å². The molecule has 3 atom stereocenters. The van der Waals surface area contributed by atoms with Gasteiger partial charge in [-0.05, 0) is 38.2 Å². The van der Waals surface area contributed by atoms with Gasteiger partial charge in [0.1, 0.15) is 0 Å². The zero-order valence-electron chi connectivity index (χ0n) is 15.1. The summed E-state index contributed by atoms with van der Waals surface area (Å²) in [6, 6.07) is 0. The van der Waals surface area contributed by atoms with Crippen molar-refractivity contribution in [1.82, 2.24) is 0 Å². The zero-order valence-corrected chi connectivity index (χ0v) is 15.1. The first kappa shape index (κ1) is 21.1. The highest BCUT2D eigenvalue weighted by Gasteiger charge is 2.27. The van der Waals surface area contributed by atoms with Crippen molar-refractivity contribution in [3.8, 4) is 0 Å². The number of carboxylic acids is 1. The summed E-state index contributed by atoms with van der Waals surface area (Å²) in [6.45, 7) is 5.73. The van der Waals surface area contributed by atoms with Gasteiger partial charge in [0.15, 0.2) is 5.78 Å². The first-order valence-electron chi connectivity index (χ1n) is 9.03. The van der Waals surface area contributed by atoms with Crippen molar-refractivity contribution in [3.63, 3.8) is 0 Å². The topological polar surface area (TPSA) is 74.6 Å². The molecule has 0 aromatic heterocycles. The van der Waals surface area contributed by atoms with Crippen LogP contribution in [0.5, 0.6) is 0 Å². The molecular weight excluding hydrogens is 316 g/mol. The Morgan fingerprint density at radius 3 is 2.76 bits per heavy atom. The van der Waals surface area contributed by atoms with Gasteiger partial charge in [0.05, 0.1) is 5.60 Å². The number of carbonyl (C=O) groups is 2. The number of aliphatic carboxylic acids is 1. The normalized spacial score (nSPS) is 22.7. The third-order valence-corrected chi connectivity index (χ3v) is 4.52. The summed E-state index contributed by atoms with van der Waals surface area (Å²) < 4.78 is 0. The van der Waals surface area contributed by atoms with E-state index in [0.29, 0.717) is 32.1 Å². The molecular formula is C21H30O4. The van der Waals surface area contributed by atoms with Crippen LogP contribution in [0.1, 0.15) is 51.9 Å². The fourth-order valence-corrected chi connectivity index (χ4v) is 3.01. The maximum atomic E-state index is 12.0. The highest BCUT2D eigenvalue weighted by atomic mass is 16.4. The van der Waals surface area contributed by atoms with Crippen LogP contribution in [-0.2, 0) is 9.59 Å². The first-order chi connectivity index (χ1) is 11.9. The number of unbranched alkanes of at least 4 members (excludes halogenated alkanes) is 1. The van der Waals surface area contributed by atoms with Crippen LogP contribution in [-0.4, -0.2) is 27.6 Å². The number of carboxylic acid groups (broad SMARTS) is 1. The summed E-state index contributed by atoms with van der Waals surface area (Å²) in [4.78, 5) is 22.5. The van der Waals surface area contributed by atoms with Crippen LogP contribution >= 0.6 is 0 Å². The second-order valence-electron chi connectivity index (χ2n) is 6.63. The number of aliphatic hydroxyl groups is 1. The van der Waals surface area contributed by atoms with Gasteiger partial charge in [-0.1, -0.05) is 49.8 Å². The Labute approximate surface area is 150 Å². The molecule has 0 aliphatic heterocycles. The molecule has 4 heteroatoms. The molecule has 1 aliphatic carbocycles. The molecule has 0 amide bonds. The summed E-state index contributed by atoms with van der Waals surface area (Å²) >= 11 is 0. The number of hydrogen-bond donors (Lipinski definition) is 2. The van der Waals surface area contributed by atoms with E-state index in [2.05, 4.69) is 6.58 Å². The fourth-order valence-electron chi connectivity index (χ4n) is 3.01. The smallest absolute Gasteiger partial charge is 0.303 e.